The molecule has 7 nitrogen and oxygen atoms in total. The second-order valence-electron chi connectivity index (χ2n) is 7.49. The van der Waals surface area contributed by atoms with Gasteiger partial charge >= 0.3 is 6.09 Å². The Morgan fingerprint density at radius 2 is 2.12 bits per heavy atom. The molecule has 0 saturated carbocycles. The highest BCUT2D eigenvalue weighted by molar-refractivity contribution is 5.79. The van der Waals surface area contributed by atoms with Crippen LogP contribution in [0.4, 0.5) is 14.9 Å². The van der Waals surface area contributed by atoms with Gasteiger partial charge in [-0.05, 0) is 32.9 Å². The molecule has 1 fully saturated rings. The van der Waals surface area contributed by atoms with Gasteiger partial charge in [0.05, 0.1) is 24.5 Å². The van der Waals surface area contributed by atoms with Gasteiger partial charge in [-0.1, -0.05) is 0 Å². The third-order valence-electron chi connectivity index (χ3n) is 4.28. The third-order valence-corrected chi connectivity index (χ3v) is 4.28. The number of pyridine rings is 2. The Morgan fingerprint density at radius 3 is 2.81 bits per heavy atom. The average molecular weight is 362 g/mol. The molecule has 1 N–H and O–H groups in total. The number of rotatable bonds is 2. The number of likely N-dealkylation sites (N-methyl/N-ethyl adjacent to an activating group) is 1. The SMILES string of the molecule is CN(C(=O)OC(C)(C)C)[C@H]1CN(c2cnc3nc(O)ccc3c2)C[C@H]1F. The van der Waals surface area contributed by atoms with Crippen LogP contribution >= 0.6 is 0 Å². The summed E-state index contributed by atoms with van der Waals surface area (Å²) in [5.41, 5.74) is 0.538. The first-order valence-corrected chi connectivity index (χ1v) is 8.44. The zero-order valence-corrected chi connectivity index (χ0v) is 15.3. The summed E-state index contributed by atoms with van der Waals surface area (Å²) in [6, 6.07) is 4.44. The van der Waals surface area contributed by atoms with Crippen LogP contribution in [0.25, 0.3) is 11.0 Å². The number of hydrogen-bond donors (Lipinski definition) is 1. The first-order chi connectivity index (χ1) is 12.1. The van der Waals surface area contributed by atoms with E-state index in [1.807, 2.05) is 11.0 Å². The van der Waals surface area contributed by atoms with E-state index in [2.05, 4.69) is 9.97 Å². The van der Waals surface area contributed by atoms with Crippen molar-refractivity contribution in [1.82, 2.24) is 14.9 Å². The quantitative estimate of drug-likeness (QED) is 0.885. The molecule has 26 heavy (non-hydrogen) atoms. The Morgan fingerprint density at radius 1 is 1.38 bits per heavy atom. The van der Waals surface area contributed by atoms with Gasteiger partial charge in [0.15, 0.2) is 5.65 Å². The van der Waals surface area contributed by atoms with Crippen LogP contribution in [-0.2, 0) is 4.74 Å². The number of aromatic hydroxyl groups is 1. The lowest BCUT2D eigenvalue weighted by atomic mass is 10.2. The number of ether oxygens (including phenoxy) is 1. The van der Waals surface area contributed by atoms with Crippen LogP contribution in [0.5, 0.6) is 5.88 Å². The molecule has 1 saturated heterocycles. The van der Waals surface area contributed by atoms with Crippen molar-refractivity contribution in [1.29, 1.82) is 0 Å². The molecule has 0 aromatic carbocycles. The number of alkyl halides is 1. The maximum Gasteiger partial charge on any atom is 0.410 e. The van der Waals surface area contributed by atoms with Gasteiger partial charge in [0.1, 0.15) is 11.8 Å². The van der Waals surface area contributed by atoms with E-state index in [1.165, 1.54) is 11.0 Å². The van der Waals surface area contributed by atoms with E-state index >= 15 is 0 Å². The van der Waals surface area contributed by atoms with Gasteiger partial charge in [0, 0.05) is 25.0 Å². The Kier molecular flexibility index (Phi) is 4.60. The average Bonchev–Trinajstić information content (AvgIpc) is 2.93. The van der Waals surface area contributed by atoms with Crippen molar-refractivity contribution in [3.8, 4) is 5.88 Å². The van der Waals surface area contributed by atoms with E-state index in [0.29, 0.717) is 12.2 Å². The lowest BCUT2D eigenvalue weighted by molar-refractivity contribution is 0.0183. The molecule has 3 heterocycles. The van der Waals surface area contributed by atoms with Crippen molar-refractivity contribution in [2.75, 3.05) is 25.0 Å². The third kappa shape index (κ3) is 3.79. The molecule has 2 atom stereocenters. The van der Waals surface area contributed by atoms with Gasteiger partial charge in [-0.25, -0.2) is 14.2 Å². The zero-order chi connectivity index (χ0) is 19.1. The van der Waals surface area contributed by atoms with Crippen LogP contribution < -0.4 is 4.90 Å². The second kappa shape index (κ2) is 6.59. The van der Waals surface area contributed by atoms with Gasteiger partial charge in [0.25, 0.3) is 0 Å². The van der Waals surface area contributed by atoms with Gasteiger partial charge in [-0.15, -0.1) is 0 Å². The fourth-order valence-corrected chi connectivity index (χ4v) is 2.95. The van der Waals surface area contributed by atoms with Crippen molar-refractivity contribution in [2.45, 2.75) is 38.6 Å². The Bertz CT molecular complexity index is 824. The van der Waals surface area contributed by atoms with Crippen molar-refractivity contribution < 1.29 is 19.0 Å². The highest BCUT2D eigenvalue weighted by Crippen LogP contribution is 2.27. The Balaban J connectivity index is 1.76. The molecular weight excluding hydrogens is 339 g/mol. The van der Waals surface area contributed by atoms with E-state index in [4.69, 9.17) is 4.74 Å². The van der Waals surface area contributed by atoms with Crippen LogP contribution in [0, 0.1) is 0 Å². The number of carbonyl (C=O) groups excluding carboxylic acids is 1. The second-order valence-corrected chi connectivity index (χ2v) is 7.49. The summed E-state index contributed by atoms with van der Waals surface area (Å²) in [6.45, 7) is 5.84. The number of anilines is 1. The normalized spacial score (nSPS) is 20.4. The molecular formula is C18H23FN4O3. The maximum absolute atomic E-state index is 14.6. The molecule has 1 amide bonds. The van der Waals surface area contributed by atoms with Crippen molar-refractivity contribution in [3.05, 3.63) is 24.4 Å². The minimum atomic E-state index is -1.19. The molecule has 0 radical (unpaired) electrons. The molecule has 8 heteroatoms. The largest absolute Gasteiger partial charge is 0.493 e. The number of halogens is 1. The summed E-state index contributed by atoms with van der Waals surface area (Å²) >= 11 is 0. The first-order valence-electron chi connectivity index (χ1n) is 8.44. The topological polar surface area (TPSA) is 78.8 Å². The molecule has 3 rings (SSSR count). The Labute approximate surface area is 151 Å². The number of hydrogen-bond acceptors (Lipinski definition) is 6. The lowest BCUT2D eigenvalue weighted by Crippen LogP contribution is -2.45. The summed E-state index contributed by atoms with van der Waals surface area (Å²) in [5.74, 6) is -0.0956. The molecule has 0 aliphatic carbocycles. The summed E-state index contributed by atoms with van der Waals surface area (Å²) in [5, 5.41) is 10.2. The predicted octanol–water partition coefficient (Wildman–Crippen LogP) is 2.73. The van der Waals surface area contributed by atoms with Crippen molar-refractivity contribution >= 4 is 22.8 Å². The first kappa shape index (κ1) is 18.2. The van der Waals surface area contributed by atoms with Crippen molar-refractivity contribution in [2.24, 2.45) is 0 Å². The van der Waals surface area contributed by atoms with Crippen molar-refractivity contribution in [3.63, 3.8) is 0 Å². The molecule has 0 bridgehead atoms. The van der Waals surface area contributed by atoms with Gasteiger partial charge in [-0.3, -0.25) is 0 Å². The van der Waals surface area contributed by atoms with Gasteiger partial charge in [-0.2, -0.15) is 4.98 Å². The summed E-state index contributed by atoms with van der Waals surface area (Å²) in [6.07, 6.45) is -0.137. The summed E-state index contributed by atoms with van der Waals surface area (Å²) in [7, 11) is 1.56. The fraction of sp³-hybridized carbons (Fsp3) is 0.500. The lowest BCUT2D eigenvalue weighted by Gasteiger charge is -2.29. The zero-order valence-electron chi connectivity index (χ0n) is 15.3. The molecule has 1 aliphatic rings. The summed E-state index contributed by atoms with van der Waals surface area (Å²) in [4.78, 5) is 23.5. The van der Waals surface area contributed by atoms with Gasteiger partial charge < -0.3 is 19.6 Å². The molecule has 1 aliphatic heterocycles. The van der Waals surface area contributed by atoms with E-state index in [-0.39, 0.29) is 12.4 Å². The minimum Gasteiger partial charge on any atom is -0.493 e. The molecule has 2 aromatic rings. The highest BCUT2D eigenvalue weighted by Gasteiger charge is 2.39. The van der Waals surface area contributed by atoms with E-state index in [1.54, 1.807) is 40.1 Å². The molecule has 0 unspecified atom stereocenters. The van der Waals surface area contributed by atoms with E-state index in [9.17, 15) is 14.3 Å². The predicted molar refractivity (Wildman–Crippen MR) is 96.1 cm³/mol. The fourth-order valence-electron chi connectivity index (χ4n) is 2.95. The Hall–Kier alpha value is -2.64. The smallest absolute Gasteiger partial charge is 0.410 e. The number of fused-ring (bicyclic) bond motifs is 1. The number of carbonyl (C=O) groups is 1. The van der Waals surface area contributed by atoms with E-state index in [0.717, 1.165) is 11.1 Å². The number of amides is 1. The molecule has 140 valence electrons. The van der Waals surface area contributed by atoms with Crippen LogP contribution in [0.15, 0.2) is 24.4 Å². The van der Waals surface area contributed by atoms with Crippen LogP contribution in [0.2, 0.25) is 0 Å². The van der Waals surface area contributed by atoms with Gasteiger partial charge in [0.2, 0.25) is 5.88 Å². The molecule has 0 spiro atoms. The van der Waals surface area contributed by atoms with E-state index < -0.39 is 23.9 Å². The monoisotopic (exact) mass is 362 g/mol. The highest BCUT2D eigenvalue weighted by atomic mass is 19.1. The summed E-state index contributed by atoms with van der Waals surface area (Å²) < 4.78 is 19.9. The van der Waals surface area contributed by atoms with Crippen LogP contribution in [-0.4, -0.2) is 64.0 Å². The number of aromatic nitrogens is 2. The minimum absolute atomic E-state index is 0.0956. The van der Waals surface area contributed by atoms with Crippen LogP contribution in [0.3, 0.4) is 0 Å². The molecule has 2 aromatic heterocycles. The maximum atomic E-state index is 14.6. The number of nitrogens with zero attached hydrogens (tertiary/aromatic N) is 4. The standard InChI is InChI=1S/C18H23FN4O3/c1-18(2,3)26-17(25)22(4)14-10-23(9-13(14)19)12-7-11-5-6-15(24)21-16(11)20-8-12/h5-8,13-14H,9-10H2,1-4H3,(H,20,21,24)/t13-,14+/m1/s1. The van der Waals surface area contributed by atoms with Crippen LogP contribution in [0.1, 0.15) is 20.8 Å².